The van der Waals surface area contributed by atoms with E-state index in [0.29, 0.717) is 35.7 Å². The Balaban J connectivity index is 1.58. The molecule has 2 aromatic rings. The zero-order valence-electron chi connectivity index (χ0n) is 20.0. The molecule has 1 heterocycles. The summed E-state index contributed by atoms with van der Waals surface area (Å²) in [7, 11) is 0. The van der Waals surface area contributed by atoms with Gasteiger partial charge in [-0.2, -0.15) is 0 Å². The minimum absolute atomic E-state index is 0.0611. The average Bonchev–Trinajstić information content (AvgIpc) is 2.94. The molecule has 0 saturated carbocycles. The number of benzene rings is 2. The van der Waals surface area contributed by atoms with Crippen molar-refractivity contribution >= 4 is 34.6 Å². The zero-order valence-corrected chi connectivity index (χ0v) is 20.8. The maximum Gasteiger partial charge on any atom is 0.258 e. The highest BCUT2D eigenvalue weighted by molar-refractivity contribution is 7.80. The molecular weight excluding hydrogens is 432 g/mol. The maximum atomic E-state index is 13.2. The van der Waals surface area contributed by atoms with Gasteiger partial charge in [-0.3, -0.25) is 9.69 Å². The van der Waals surface area contributed by atoms with E-state index in [1.54, 1.807) is 17.0 Å². The zero-order chi connectivity index (χ0) is 24.2. The predicted octanol–water partition coefficient (Wildman–Crippen LogP) is 5.23. The Morgan fingerprint density at radius 1 is 1.18 bits per heavy atom. The molecule has 1 aliphatic heterocycles. The van der Waals surface area contributed by atoms with Crippen molar-refractivity contribution in [2.75, 3.05) is 18.1 Å². The number of rotatable bonds is 9. The van der Waals surface area contributed by atoms with Gasteiger partial charge in [-0.15, -0.1) is 0 Å². The summed E-state index contributed by atoms with van der Waals surface area (Å²) in [5, 5.41) is 3.89. The third kappa shape index (κ3) is 5.52. The van der Waals surface area contributed by atoms with Gasteiger partial charge in [0.2, 0.25) is 0 Å². The minimum Gasteiger partial charge on any atom is -0.494 e. The number of aryl methyl sites for hydroxylation is 1. The molecule has 174 valence electrons. The molecule has 1 N–H and O–H groups in total. The Kier molecular flexibility index (Phi) is 7.72. The average molecular weight is 465 g/mol. The van der Waals surface area contributed by atoms with Gasteiger partial charge in [-0.1, -0.05) is 32.0 Å². The first kappa shape index (κ1) is 24.7. The van der Waals surface area contributed by atoms with E-state index in [1.165, 1.54) is 5.56 Å². The highest BCUT2D eigenvalue weighted by Crippen LogP contribution is 2.34. The van der Waals surface area contributed by atoms with Crippen molar-refractivity contribution in [3.05, 3.63) is 65.0 Å². The number of ether oxygens (including phenoxy) is 1. The second kappa shape index (κ2) is 10.3. The second-order valence-corrected chi connectivity index (χ2v) is 9.46. The van der Waals surface area contributed by atoms with Gasteiger partial charge in [0.15, 0.2) is 10.8 Å². The second-order valence-electron chi connectivity index (χ2n) is 9.10. The van der Waals surface area contributed by atoms with Gasteiger partial charge < -0.3 is 15.0 Å². The number of amides is 1. The SMILES string of the molecule is [C-]#[N+]c1ccc(N2C(=O)C(C)(C)N(CCCOc3ccc(CNC(C)C)cc3)C2=S)cc1C. The van der Waals surface area contributed by atoms with E-state index in [2.05, 4.69) is 36.1 Å². The first-order chi connectivity index (χ1) is 15.6. The van der Waals surface area contributed by atoms with Gasteiger partial charge in [0, 0.05) is 24.8 Å². The summed E-state index contributed by atoms with van der Waals surface area (Å²) in [5.41, 5.74) is 2.59. The molecule has 3 rings (SSSR count). The Labute approximate surface area is 202 Å². The van der Waals surface area contributed by atoms with E-state index >= 15 is 0 Å². The molecule has 33 heavy (non-hydrogen) atoms. The Morgan fingerprint density at radius 2 is 1.88 bits per heavy atom. The van der Waals surface area contributed by atoms with Crippen molar-refractivity contribution < 1.29 is 9.53 Å². The molecule has 1 amide bonds. The standard InChI is InChI=1S/C26H32N4O2S/c1-18(2)28-17-20-8-11-22(12-9-20)32-15-7-14-29-25(33)30(24(31)26(29,4)5)21-10-13-23(27-6)19(3)16-21/h8-13,16,18,28H,7,14-15,17H2,1-5H3. The molecule has 2 aromatic carbocycles. The van der Waals surface area contributed by atoms with Crippen LogP contribution < -0.4 is 15.0 Å². The quantitative estimate of drug-likeness (QED) is 0.313. The van der Waals surface area contributed by atoms with Crippen LogP contribution in [0.2, 0.25) is 0 Å². The normalized spacial score (nSPS) is 15.3. The van der Waals surface area contributed by atoms with E-state index in [9.17, 15) is 4.79 Å². The fourth-order valence-corrected chi connectivity index (χ4v) is 4.29. The summed E-state index contributed by atoms with van der Waals surface area (Å²) in [6.45, 7) is 19.1. The number of nitrogens with zero attached hydrogens (tertiary/aromatic N) is 3. The predicted molar refractivity (Wildman–Crippen MR) is 137 cm³/mol. The van der Waals surface area contributed by atoms with Crippen LogP contribution in [0.1, 0.15) is 45.2 Å². The third-order valence-corrected chi connectivity index (χ3v) is 6.22. The van der Waals surface area contributed by atoms with Crippen LogP contribution in [0.3, 0.4) is 0 Å². The maximum absolute atomic E-state index is 13.2. The van der Waals surface area contributed by atoms with Gasteiger partial charge >= 0.3 is 0 Å². The molecule has 0 bridgehead atoms. The molecular formula is C26H32N4O2S. The van der Waals surface area contributed by atoms with Crippen molar-refractivity contribution in [1.82, 2.24) is 10.2 Å². The van der Waals surface area contributed by atoms with Gasteiger partial charge in [0.25, 0.3) is 5.91 Å². The molecule has 0 aromatic heterocycles. The number of nitrogens with one attached hydrogen (secondary N) is 1. The monoisotopic (exact) mass is 464 g/mol. The summed E-state index contributed by atoms with van der Waals surface area (Å²) in [5.74, 6) is 0.772. The summed E-state index contributed by atoms with van der Waals surface area (Å²) >= 11 is 5.70. The summed E-state index contributed by atoms with van der Waals surface area (Å²) in [6.07, 6.45) is 0.733. The van der Waals surface area contributed by atoms with Gasteiger partial charge in [-0.25, -0.2) is 4.85 Å². The molecule has 1 aliphatic rings. The third-order valence-electron chi connectivity index (χ3n) is 5.82. The molecule has 1 fully saturated rings. The molecule has 0 spiro atoms. The highest BCUT2D eigenvalue weighted by atomic mass is 32.1. The van der Waals surface area contributed by atoms with Crippen LogP contribution >= 0.6 is 12.2 Å². The lowest BCUT2D eigenvalue weighted by molar-refractivity contribution is -0.123. The fourth-order valence-electron chi connectivity index (χ4n) is 3.78. The van der Waals surface area contributed by atoms with Crippen LogP contribution in [0.15, 0.2) is 42.5 Å². The van der Waals surface area contributed by atoms with Gasteiger partial charge in [-0.05, 0) is 74.8 Å². The number of hydrogen-bond donors (Lipinski definition) is 1. The van der Waals surface area contributed by atoms with Crippen molar-refractivity contribution in [2.24, 2.45) is 0 Å². The van der Waals surface area contributed by atoms with E-state index in [-0.39, 0.29) is 5.91 Å². The van der Waals surface area contributed by atoms with Crippen LogP contribution in [-0.4, -0.2) is 40.7 Å². The topological polar surface area (TPSA) is 49.2 Å². The lowest BCUT2D eigenvalue weighted by Gasteiger charge is -2.29. The highest BCUT2D eigenvalue weighted by Gasteiger charge is 2.49. The van der Waals surface area contributed by atoms with Crippen LogP contribution in [0.4, 0.5) is 11.4 Å². The Hall–Kier alpha value is -2.95. The van der Waals surface area contributed by atoms with Crippen LogP contribution in [0.25, 0.3) is 4.85 Å². The van der Waals surface area contributed by atoms with Crippen molar-refractivity contribution in [3.63, 3.8) is 0 Å². The Morgan fingerprint density at radius 3 is 2.48 bits per heavy atom. The molecule has 0 unspecified atom stereocenters. The Bertz CT molecular complexity index is 1060. The van der Waals surface area contributed by atoms with E-state index in [0.717, 1.165) is 24.3 Å². The van der Waals surface area contributed by atoms with Crippen molar-refractivity contribution in [2.45, 2.75) is 59.2 Å². The summed E-state index contributed by atoms with van der Waals surface area (Å²) < 4.78 is 5.91. The van der Waals surface area contributed by atoms with E-state index < -0.39 is 5.54 Å². The minimum atomic E-state index is -0.742. The van der Waals surface area contributed by atoms with Crippen LogP contribution in [-0.2, 0) is 11.3 Å². The van der Waals surface area contributed by atoms with Gasteiger partial charge in [0.1, 0.15) is 11.3 Å². The van der Waals surface area contributed by atoms with Gasteiger partial charge in [0.05, 0.1) is 13.2 Å². The smallest absolute Gasteiger partial charge is 0.258 e. The molecule has 0 atom stereocenters. The number of carbonyl (C=O) groups excluding carboxylic acids is 1. The number of carbonyl (C=O) groups is 1. The molecule has 1 saturated heterocycles. The molecule has 0 aliphatic carbocycles. The van der Waals surface area contributed by atoms with Crippen molar-refractivity contribution in [3.8, 4) is 5.75 Å². The lowest BCUT2D eigenvalue weighted by Crippen LogP contribution is -2.44. The lowest BCUT2D eigenvalue weighted by atomic mass is 10.0. The molecule has 7 heteroatoms. The largest absolute Gasteiger partial charge is 0.494 e. The number of thiocarbonyl (C=S) groups is 1. The first-order valence-electron chi connectivity index (χ1n) is 11.2. The van der Waals surface area contributed by atoms with E-state index in [1.807, 2.05) is 43.9 Å². The summed E-state index contributed by atoms with van der Waals surface area (Å²) in [4.78, 5) is 20.2. The number of anilines is 1. The molecule has 6 nitrogen and oxygen atoms in total. The van der Waals surface area contributed by atoms with Crippen LogP contribution in [0, 0.1) is 13.5 Å². The van der Waals surface area contributed by atoms with Crippen molar-refractivity contribution in [1.29, 1.82) is 0 Å². The molecule has 0 radical (unpaired) electrons. The van der Waals surface area contributed by atoms with E-state index in [4.69, 9.17) is 23.5 Å². The summed E-state index contributed by atoms with van der Waals surface area (Å²) in [6, 6.07) is 13.9. The fraction of sp³-hybridized carbons (Fsp3) is 0.423. The first-order valence-corrected chi connectivity index (χ1v) is 11.7. The number of hydrogen-bond acceptors (Lipinski definition) is 4. The van der Waals surface area contributed by atoms with Crippen LogP contribution in [0.5, 0.6) is 5.75 Å².